The molecule has 3 aromatic carbocycles. The van der Waals surface area contributed by atoms with Gasteiger partial charge in [-0.05, 0) is 65.6 Å². The van der Waals surface area contributed by atoms with Crippen molar-refractivity contribution < 1.29 is 57.9 Å². The lowest BCUT2D eigenvalue weighted by atomic mass is 9.49. The Labute approximate surface area is 308 Å². The molecule has 6 atom stereocenters. The van der Waals surface area contributed by atoms with Gasteiger partial charge in [0.2, 0.25) is 0 Å². The van der Waals surface area contributed by atoms with Crippen molar-refractivity contribution in [2.45, 2.75) is 17.9 Å². The van der Waals surface area contributed by atoms with Crippen LogP contribution in [0.15, 0.2) is 84.1 Å². The Morgan fingerprint density at radius 1 is 0.712 bits per heavy atom. The van der Waals surface area contributed by atoms with Crippen molar-refractivity contribution >= 4 is 64.7 Å². The Kier molecular flexibility index (Phi) is 11.4. The van der Waals surface area contributed by atoms with Gasteiger partial charge in [-0.2, -0.15) is 0 Å². The van der Waals surface area contributed by atoms with Crippen molar-refractivity contribution in [1.82, 2.24) is 0 Å². The number of carbonyl (C=O) groups excluding carboxylic acids is 5. The summed E-state index contributed by atoms with van der Waals surface area (Å²) in [7, 11) is 4.13. The van der Waals surface area contributed by atoms with Gasteiger partial charge in [-0.1, -0.05) is 59.6 Å². The van der Waals surface area contributed by atoms with Crippen LogP contribution in [0.3, 0.4) is 0 Å². The molecule has 272 valence electrons. The summed E-state index contributed by atoms with van der Waals surface area (Å²) in [5, 5.41) is 24.8. The number of carbonyl (C=O) groups is 5. The fourth-order valence-electron chi connectivity index (χ4n) is 7.22. The van der Waals surface area contributed by atoms with Crippen LogP contribution in [0, 0.1) is 23.7 Å². The molecule has 0 radical (unpaired) electrons. The fourth-order valence-corrected chi connectivity index (χ4v) is 7.48. The zero-order valence-electron chi connectivity index (χ0n) is 28.3. The molecule has 1 fully saturated rings. The van der Waals surface area contributed by atoms with Crippen LogP contribution >= 0.6 is 23.2 Å². The molecule has 2 bridgehead atoms. The van der Waals surface area contributed by atoms with E-state index >= 15 is 0 Å². The van der Waals surface area contributed by atoms with Crippen molar-refractivity contribution in [2.75, 3.05) is 28.4 Å². The first-order valence-electron chi connectivity index (χ1n) is 15.8. The van der Waals surface area contributed by atoms with Crippen molar-refractivity contribution in [1.29, 1.82) is 0 Å². The van der Waals surface area contributed by atoms with E-state index in [0.29, 0.717) is 26.7 Å². The van der Waals surface area contributed by atoms with Crippen LogP contribution < -0.4 is 4.74 Å². The highest BCUT2D eigenvalue weighted by Crippen LogP contribution is 2.60. The fraction of sp³-hybridized carbons (Fsp3) is 0.289. The van der Waals surface area contributed by atoms with Crippen LogP contribution in [0.1, 0.15) is 29.0 Å². The predicted octanol–water partition coefficient (Wildman–Crippen LogP) is 5.34. The highest BCUT2D eigenvalue weighted by atomic mass is 35.5. The Morgan fingerprint density at radius 3 is 1.75 bits per heavy atom. The van der Waals surface area contributed by atoms with Crippen LogP contribution in [-0.4, -0.2) is 74.1 Å². The van der Waals surface area contributed by atoms with Gasteiger partial charge >= 0.3 is 29.8 Å². The molecular formula is C38H34Cl2O12. The summed E-state index contributed by atoms with van der Waals surface area (Å²) in [6.07, 6.45) is 1.45. The lowest BCUT2D eigenvalue weighted by Gasteiger charge is -2.55. The highest BCUT2D eigenvalue weighted by Gasteiger charge is 2.71. The second-order valence-corrected chi connectivity index (χ2v) is 13.0. The molecule has 0 aromatic heterocycles. The molecule has 0 aliphatic heterocycles. The first kappa shape index (κ1) is 38.1. The number of halogens is 2. The van der Waals surface area contributed by atoms with Crippen LogP contribution in [0.5, 0.6) is 5.75 Å². The van der Waals surface area contributed by atoms with Crippen LogP contribution in [0.25, 0.3) is 11.6 Å². The maximum Gasteiger partial charge on any atom is 0.344 e. The standard InChI is InChI=1S/C38H34Cl2O12/c1-48-34(43)28-27-18-25(29(35(44)49-2)38(47,30(27)36(45)50-3)31(32(28)41)37(46)51-4)20-9-15-24(16-10-20)52-33(42)26(21-7-13-23(40)14-8-21)17-19-5-11-22(39)12-6-19/h5-17,25,27,29-31,41,47H,18H2,1-4H3/b26-17+/t25?,27-,29+,30+,31?,38-/m1/s1. The lowest BCUT2D eigenvalue weighted by Crippen LogP contribution is -2.68. The number of hydrogen-bond acceptors (Lipinski definition) is 12. The van der Waals surface area contributed by atoms with E-state index in [1.807, 2.05) is 0 Å². The second kappa shape index (κ2) is 15.6. The Bertz CT molecular complexity index is 1940. The summed E-state index contributed by atoms with van der Waals surface area (Å²) in [5.41, 5.74) is -1.35. The van der Waals surface area contributed by atoms with Crippen molar-refractivity contribution in [3.63, 3.8) is 0 Å². The molecule has 5 rings (SSSR count). The molecule has 2 N–H and O–H groups in total. The lowest BCUT2D eigenvalue weighted by molar-refractivity contribution is -0.208. The summed E-state index contributed by atoms with van der Waals surface area (Å²) in [4.78, 5) is 66.9. The minimum Gasteiger partial charge on any atom is -0.511 e. The Morgan fingerprint density at radius 2 is 1.23 bits per heavy atom. The molecule has 0 saturated heterocycles. The topological polar surface area (TPSA) is 172 Å². The number of aliphatic hydroxyl groups is 2. The van der Waals surface area contributed by atoms with Gasteiger partial charge in [0.15, 0.2) is 0 Å². The van der Waals surface area contributed by atoms with Gasteiger partial charge < -0.3 is 33.9 Å². The molecule has 0 amide bonds. The molecule has 0 heterocycles. The van der Waals surface area contributed by atoms with Crippen molar-refractivity contribution in [2.24, 2.45) is 23.7 Å². The summed E-state index contributed by atoms with van der Waals surface area (Å²) in [5.74, 6) is -13.6. The number of benzene rings is 3. The van der Waals surface area contributed by atoms with Crippen LogP contribution in [-0.2, 0) is 42.9 Å². The van der Waals surface area contributed by atoms with Crippen molar-refractivity contribution in [3.05, 3.63) is 111 Å². The molecule has 1 saturated carbocycles. The van der Waals surface area contributed by atoms with E-state index in [9.17, 15) is 34.2 Å². The minimum absolute atomic E-state index is 0.113. The largest absolute Gasteiger partial charge is 0.511 e. The molecule has 2 aliphatic carbocycles. The van der Waals surface area contributed by atoms with Crippen LogP contribution in [0.4, 0.5) is 0 Å². The summed E-state index contributed by atoms with van der Waals surface area (Å²) in [6.45, 7) is 0. The minimum atomic E-state index is -2.70. The number of methoxy groups -OCH3 is 4. The van der Waals surface area contributed by atoms with E-state index < -0.39 is 76.4 Å². The Balaban J connectivity index is 1.56. The zero-order chi connectivity index (χ0) is 37.9. The van der Waals surface area contributed by atoms with E-state index in [2.05, 4.69) is 0 Å². The van der Waals surface area contributed by atoms with Crippen LogP contribution in [0.2, 0.25) is 10.0 Å². The quantitative estimate of drug-likeness (QED) is 0.0947. The summed E-state index contributed by atoms with van der Waals surface area (Å²) in [6, 6.07) is 19.4. The number of aliphatic hydroxyl groups excluding tert-OH is 1. The third-order valence-electron chi connectivity index (χ3n) is 9.52. The van der Waals surface area contributed by atoms with Crippen molar-refractivity contribution in [3.8, 4) is 5.75 Å². The second-order valence-electron chi connectivity index (χ2n) is 12.2. The number of esters is 5. The maximum atomic E-state index is 13.6. The molecule has 2 aliphatic rings. The Hall–Kier alpha value is -5.17. The van der Waals surface area contributed by atoms with E-state index in [1.54, 1.807) is 54.6 Å². The molecule has 0 spiro atoms. The van der Waals surface area contributed by atoms with Gasteiger partial charge in [0.05, 0.1) is 51.4 Å². The first-order chi connectivity index (χ1) is 24.8. The average molecular weight is 754 g/mol. The normalized spacial score (nSPS) is 24.0. The molecule has 12 nitrogen and oxygen atoms in total. The van der Waals surface area contributed by atoms with Gasteiger partial charge in [-0.15, -0.1) is 0 Å². The molecular weight excluding hydrogens is 719 g/mol. The first-order valence-corrected chi connectivity index (χ1v) is 16.6. The molecule has 14 heteroatoms. The number of rotatable bonds is 9. The summed E-state index contributed by atoms with van der Waals surface area (Å²) >= 11 is 12.1. The van der Waals surface area contributed by atoms with E-state index in [-0.39, 0.29) is 17.7 Å². The monoisotopic (exact) mass is 752 g/mol. The average Bonchev–Trinajstić information content (AvgIpc) is 3.14. The molecule has 2 unspecified atom stereocenters. The number of hydrogen-bond donors (Lipinski definition) is 2. The molecule has 52 heavy (non-hydrogen) atoms. The molecule has 3 aromatic rings. The summed E-state index contributed by atoms with van der Waals surface area (Å²) < 4.78 is 25.6. The van der Waals surface area contributed by atoms with Gasteiger partial charge in [0.25, 0.3) is 0 Å². The number of ether oxygens (including phenoxy) is 5. The van der Waals surface area contributed by atoms with Gasteiger partial charge in [-0.3, -0.25) is 14.4 Å². The van der Waals surface area contributed by atoms with E-state index in [4.69, 9.17) is 46.9 Å². The maximum absolute atomic E-state index is 13.6. The highest BCUT2D eigenvalue weighted by molar-refractivity contribution is 6.31. The third kappa shape index (κ3) is 7.01. The van der Waals surface area contributed by atoms with Gasteiger partial charge in [0, 0.05) is 21.9 Å². The van der Waals surface area contributed by atoms with E-state index in [1.165, 1.54) is 24.3 Å². The number of fused-ring (bicyclic) bond motifs is 2. The predicted molar refractivity (Wildman–Crippen MR) is 187 cm³/mol. The van der Waals surface area contributed by atoms with E-state index in [0.717, 1.165) is 28.4 Å². The van der Waals surface area contributed by atoms with Gasteiger partial charge in [-0.25, -0.2) is 9.59 Å². The SMILES string of the molecule is COC(=O)C1=C(O)C(C(=O)OC)[C@@]2(O)[C@H](C(=O)OC)C(c3ccc(OC(=O)/C(=C/c4ccc(Cl)cc4)c4ccc(Cl)cc4)cc3)C[C@H]1[C@H]2C(=O)OC. The smallest absolute Gasteiger partial charge is 0.344 e. The third-order valence-corrected chi connectivity index (χ3v) is 10.0. The zero-order valence-corrected chi connectivity index (χ0v) is 29.8. The van der Waals surface area contributed by atoms with Gasteiger partial charge in [0.1, 0.15) is 23.0 Å².